The fourth-order valence-corrected chi connectivity index (χ4v) is 2.07. The molecule has 1 rings (SSSR count). The molecule has 0 saturated heterocycles. The van der Waals surface area contributed by atoms with Crippen molar-refractivity contribution in [3.8, 4) is 0 Å². The third-order valence-corrected chi connectivity index (χ3v) is 2.69. The molecule has 0 aromatic heterocycles. The second kappa shape index (κ2) is 7.51. The minimum atomic E-state index is 0.0790. The summed E-state index contributed by atoms with van der Waals surface area (Å²) < 4.78 is 0. The monoisotopic (exact) mass is 267 g/mol. The van der Waals surface area contributed by atoms with E-state index in [2.05, 4.69) is 38.2 Å². The van der Waals surface area contributed by atoms with Crippen LogP contribution in [0.15, 0.2) is 35.5 Å². The molecule has 1 N–H and O–H groups in total. The summed E-state index contributed by atoms with van der Waals surface area (Å²) >= 11 is 9.96. The van der Waals surface area contributed by atoms with Gasteiger partial charge >= 0.3 is 0 Å². The van der Waals surface area contributed by atoms with Crippen molar-refractivity contribution in [2.24, 2.45) is 5.41 Å². The van der Waals surface area contributed by atoms with Crippen LogP contribution in [0.2, 0.25) is 0 Å². The first kappa shape index (κ1) is 16.2. The second-order valence-corrected chi connectivity index (χ2v) is 4.82. The van der Waals surface area contributed by atoms with Gasteiger partial charge in [0.2, 0.25) is 0 Å². The third kappa shape index (κ3) is 5.37. The summed E-state index contributed by atoms with van der Waals surface area (Å²) in [7, 11) is 0. The number of nitrogens with one attached hydrogen (secondary N) is 1. The number of allylic oxidation sites excluding steroid dienone is 4. The molecule has 0 saturated carbocycles. The Balaban J connectivity index is 0.00000121. The average molecular weight is 267 g/mol. The number of thiocarbonyl (C=S) groups is 2. The molecular weight excluding hydrogens is 246 g/mol. The standard InChI is InChI=1S/C12H15NS2.C2H6/c1-9-7-12(2,3)6-4-5-10(9)11(15)13-8-14;1-2/h4-8H,1-3H3,(H,13,14,15);1-2H3. The van der Waals surface area contributed by atoms with E-state index >= 15 is 0 Å². The number of hydrogen-bond donors (Lipinski definition) is 1. The van der Waals surface area contributed by atoms with E-state index in [1.807, 2.05) is 26.0 Å². The molecule has 1 aliphatic rings. The lowest BCUT2D eigenvalue weighted by Crippen LogP contribution is -2.21. The largest absolute Gasteiger partial charge is 0.343 e. The lowest BCUT2D eigenvalue weighted by molar-refractivity contribution is 0.623. The summed E-state index contributed by atoms with van der Waals surface area (Å²) in [5.74, 6) is 0. The molecule has 0 aromatic rings. The molecule has 0 bridgehead atoms. The van der Waals surface area contributed by atoms with Gasteiger partial charge in [-0.1, -0.05) is 76.4 Å². The highest BCUT2D eigenvalue weighted by atomic mass is 32.1. The van der Waals surface area contributed by atoms with Crippen LogP contribution in [-0.4, -0.2) is 10.5 Å². The van der Waals surface area contributed by atoms with Crippen molar-refractivity contribution in [1.82, 2.24) is 5.32 Å². The predicted octanol–water partition coefficient (Wildman–Crippen LogP) is 4.36. The van der Waals surface area contributed by atoms with Crippen LogP contribution in [0.1, 0.15) is 34.6 Å². The van der Waals surface area contributed by atoms with E-state index < -0.39 is 0 Å². The molecule has 0 radical (unpaired) electrons. The van der Waals surface area contributed by atoms with Crippen LogP contribution in [-0.2, 0) is 0 Å². The quantitative estimate of drug-likeness (QED) is 0.747. The topological polar surface area (TPSA) is 12.0 Å². The van der Waals surface area contributed by atoms with Gasteiger partial charge in [0.15, 0.2) is 0 Å². The Bertz CT molecular complexity index is 374. The van der Waals surface area contributed by atoms with E-state index in [1.165, 1.54) is 11.1 Å². The summed E-state index contributed by atoms with van der Waals surface area (Å²) in [6.07, 6.45) is 8.43. The number of hydrogen-bond acceptors (Lipinski definition) is 2. The Kier molecular flexibility index (Phi) is 7.16. The summed E-state index contributed by atoms with van der Waals surface area (Å²) in [6.45, 7) is 10.4. The molecule has 0 heterocycles. The van der Waals surface area contributed by atoms with Gasteiger partial charge in [0.1, 0.15) is 4.99 Å². The van der Waals surface area contributed by atoms with Crippen LogP contribution in [0.25, 0.3) is 0 Å². The zero-order valence-corrected chi connectivity index (χ0v) is 12.8. The molecular formula is C14H21NS2. The SMILES string of the molecule is CC.CC1=CC(C)(C)C=CC=C1C(=S)NC=S. The van der Waals surface area contributed by atoms with E-state index in [9.17, 15) is 0 Å². The van der Waals surface area contributed by atoms with Crippen LogP contribution >= 0.6 is 24.4 Å². The highest BCUT2D eigenvalue weighted by Gasteiger charge is 2.15. The van der Waals surface area contributed by atoms with Crippen LogP contribution in [0.3, 0.4) is 0 Å². The van der Waals surface area contributed by atoms with E-state index in [0.717, 1.165) is 5.57 Å². The molecule has 0 aliphatic heterocycles. The number of rotatable bonds is 2. The maximum Gasteiger partial charge on any atom is 0.111 e. The van der Waals surface area contributed by atoms with Gasteiger partial charge < -0.3 is 5.32 Å². The smallest absolute Gasteiger partial charge is 0.111 e. The molecule has 0 atom stereocenters. The normalized spacial score (nSPS) is 16.8. The maximum atomic E-state index is 5.23. The fraction of sp³-hybridized carbons (Fsp3) is 0.429. The lowest BCUT2D eigenvalue weighted by atomic mass is 9.90. The van der Waals surface area contributed by atoms with E-state index in [4.69, 9.17) is 24.4 Å². The Hall–Kier alpha value is -0.800. The van der Waals surface area contributed by atoms with Crippen molar-refractivity contribution in [3.05, 3.63) is 35.5 Å². The first-order chi connectivity index (χ1) is 7.96. The Labute approximate surface area is 116 Å². The summed E-state index contributed by atoms with van der Waals surface area (Å²) in [6, 6.07) is 0. The summed E-state index contributed by atoms with van der Waals surface area (Å²) in [5, 5.41) is 2.88. The predicted molar refractivity (Wildman–Crippen MR) is 85.5 cm³/mol. The molecule has 1 nitrogen and oxygen atoms in total. The molecule has 0 unspecified atom stereocenters. The summed E-state index contributed by atoms with van der Waals surface area (Å²) in [5.41, 5.74) is 3.73. The van der Waals surface area contributed by atoms with Gasteiger partial charge in [0.25, 0.3) is 0 Å². The van der Waals surface area contributed by atoms with E-state index in [0.29, 0.717) is 4.99 Å². The fourth-order valence-electron chi connectivity index (χ4n) is 1.59. The van der Waals surface area contributed by atoms with Crippen molar-refractivity contribution >= 4 is 34.9 Å². The van der Waals surface area contributed by atoms with Gasteiger partial charge in [-0.2, -0.15) is 0 Å². The van der Waals surface area contributed by atoms with Gasteiger partial charge in [0, 0.05) is 11.0 Å². The molecule has 0 aromatic carbocycles. The second-order valence-electron chi connectivity index (χ2n) is 4.18. The van der Waals surface area contributed by atoms with Crippen molar-refractivity contribution < 1.29 is 0 Å². The Morgan fingerprint density at radius 1 is 1.35 bits per heavy atom. The van der Waals surface area contributed by atoms with Gasteiger partial charge in [-0.05, 0) is 12.5 Å². The van der Waals surface area contributed by atoms with Gasteiger partial charge in [-0.3, -0.25) is 0 Å². The lowest BCUT2D eigenvalue weighted by Gasteiger charge is -2.15. The van der Waals surface area contributed by atoms with E-state index in [1.54, 1.807) is 0 Å². The van der Waals surface area contributed by atoms with Crippen molar-refractivity contribution in [1.29, 1.82) is 0 Å². The van der Waals surface area contributed by atoms with E-state index in [-0.39, 0.29) is 5.41 Å². The van der Waals surface area contributed by atoms with Gasteiger partial charge in [-0.15, -0.1) is 0 Å². The molecule has 0 amide bonds. The molecule has 0 spiro atoms. The zero-order chi connectivity index (χ0) is 13.5. The highest BCUT2D eigenvalue weighted by Crippen LogP contribution is 2.27. The Morgan fingerprint density at radius 3 is 2.47 bits per heavy atom. The van der Waals surface area contributed by atoms with Crippen molar-refractivity contribution in [2.75, 3.05) is 0 Å². The third-order valence-electron chi connectivity index (χ3n) is 2.24. The molecule has 17 heavy (non-hydrogen) atoms. The first-order valence-corrected chi connectivity index (χ1v) is 6.68. The molecule has 0 fully saturated rings. The minimum absolute atomic E-state index is 0.0790. The van der Waals surface area contributed by atoms with Gasteiger partial charge in [0.05, 0.1) is 5.49 Å². The average Bonchev–Trinajstić information content (AvgIpc) is 2.39. The van der Waals surface area contributed by atoms with Gasteiger partial charge in [-0.25, -0.2) is 0 Å². The van der Waals surface area contributed by atoms with Crippen molar-refractivity contribution in [2.45, 2.75) is 34.6 Å². The summed E-state index contributed by atoms with van der Waals surface area (Å²) in [4.78, 5) is 0.682. The van der Waals surface area contributed by atoms with Crippen LogP contribution in [0, 0.1) is 5.41 Å². The van der Waals surface area contributed by atoms with Crippen LogP contribution in [0.4, 0.5) is 0 Å². The minimum Gasteiger partial charge on any atom is -0.343 e. The van der Waals surface area contributed by atoms with Crippen LogP contribution < -0.4 is 5.32 Å². The molecule has 1 aliphatic carbocycles. The van der Waals surface area contributed by atoms with Crippen LogP contribution in [0.5, 0.6) is 0 Å². The highest BCUT2D eigenvalue weighted by molar-refractivity contribution is 7.81. The molecule has 3 heteroatoms. The molecule has 94 valence electrons. The maximum absolute atomic E-state index is 5.23. The first-order valence-electron chi connectivity index (χ1n) is 5.80. The zero-order valence-electron chi connectivity index (χ0n) is 11.2. The van der Waals surface area contributed by atoms with Crippen molar-refractivity contribution in [3.63, 3.8) is 0 Å². The Morgan fingerprint density at radius 2 is 1.94 bits per heavy atom.